The lowest BCUT2D eigenvalue weighted by Gasteiger charge is -2.10. The van der Waals surface area contributed by atoms with E-state index < -0.39 is 15.9 Å². The van der Waals surface area contributed by atoms with Gasteiger partial charge in [-0.1, -0.05) is 12.1 Å². The van der Waals surface area contributed by atoms with E-state index >= 15 is 0 Å². The summed E-state index contributed by atoms with van der Waals surface area (Å²) in [6.07, 6.45) is 0.274. The molecule has 0 atom stereocenters. The van der Waals surface area contributed by atoms with Gasteiger partial charge in [0, 0.05) is 12.8 Å². The van der Waals surface area contributed by atoms with Crippen LogP contribution < -0.4 is 11.1 Å². The van der Waals surface area contributed by atoms with Crippen LogP contribution in [0.5, 0.6) is 0 Å². The molecule has 0 saturated heterocycles. The number of hydrogen-bond acceptors (Lipinski definition) is 5. The number of benzene rings is 1. The number of nitrogens with two attached hydrogens (primary N) is 1. The Balaban J connectivity index is 2.68. The van der Waals surface area contributed by atoms with Gasteiger partial charge in [0.15, 0.2) is 9.84 Å². The number of primary amides is 1. The van der Waals surface area contributed by atoms with E-state index in [-0.39, 0.29) is 18.0 Å². The number of carbonyl (C=O) groups excluding carboxylic acids is 1. The van der Waals surface area contributed by atoms with Crippen LogP contribution in [0.3, 0.4) is 0 Å². The molecule has 6 nitrogen and oxygen atoms in total. The van der Waals surface area contributed by atoms with Crippen LogP contribution in [0.15, 0.2) is 29.2 Å². The van der Waals surface area contributed by atoms with Gasteiger partial charge in [-0.2, -0.15) is 0 Å². The zero-order valence-electron chi connectivity index (χ0n) is 9.34. The van der Waals surface area contributed by atoms with Gasteiger partial charge in [-0.3, -0.25) is 0 Å². The summed E-state index contributed by atoms with van der Waals surface area (Å²) in [4.78, 5) is 10.5. The van der Waals surface area contributed by atoms with E-state index in [1.54, 1.807) is 18.2 Å². The van der Waals surface area contributed by atoms with Crippen molar-refractivity contribution in [1.29, 1.82) is 0 Å². The van der Waals surface area contributed by atoms with Crippen molar-refractivity contribution in [3.63, 3.8) is 0 Å². The monoisotopic (exact) mass is 258 g/mol. The quantitative estimate of drug-likeness (QED) is 0.753. The van der Waals surface area contributed by atoms with E-state index in [0.29, 0.717) is 5.69 Å². The normalized spacial score (nSPS) is 10.9. The summed E-state index contributed by atoms with van der Waals surface area (Å²) in [5.41, 5.74) is 5.26. The molecule has 0 unspecified atom stereocenters. The Bertz CT molecular complexity index is 499. The molecule has 1 rings (SSSR count). The number of ether oxygens (including phenoxy) is 1. The first-order chi connectivity index (χ1) is 7.91. The van der Waals surface area contributed by atoms with Crippen LogP contribution in [0, 0.1) is 0 Å². The van der Waals surface area contributed by atoms with Crippen molar-refractivity contribution >= 4 is 21.6 Å². The Morgan fingerprint density at radius 3 is 2.65 bits per heavy atom. The van der Waals surface area contributed by atoms with Crippen molar-refractivity contribution in [1.82, 2.24) is 0 Å². The third-order valence-corrected chi connectivity index (χ3v) is 3.10. The molecule has 0 saturated carbocycles. The highest BCUT2D eigenvalue weighted by atomic mass is 32.2. The van der Waals surface area contributed by atoms with Crippen molar-refractivity contribution in [2.75, 3.05) is 24.7 Å². The van der Waals surface area contributed by atoms with Crippen molar-refractivity contribution < 1.29 is 17.9 Å². The van der Waals surface area contributed by atoms with Crippen LogP contribution in [0.25, 0.3) is 0 Å². The summed E-state index contributed by atoms with van der Waals surface area (Å²) < 4.78 is 27.4. The fourth-order valence-electron chi connectivity index (χ4n) is 1.27. The predicted molar refractivity (Wildman–Crippen MR) is 63.6 cm³/mol. The maximum atomic E-state index is 11.4. The average molecular weight is 258 g/mol. The molecule has 0 radical (unpaired) electrons. The zero-order chi connectivity index (χ0) is 12.9. The molecule has 1 aromatic rings. The van der Waals surface area contributed by atoms with E-state index in [9.17, 15) is 13.2 Å². The summed E-state index contributed by atoms with van der Waals surface area (Å²) in [6.45, 7) is 0.364. The number of rotatable bonds is 5. The van der Waals surface area contributed by atoms with Crippen molar-refractivity contribution in [2.24, 2.45) is 5.73 Å². The minimum Gasteiger partial charge on any atom is -0.448 e. The van der Waals surface area contributed by atoms with Crippen LogP contribution in [-0.4, -0.2) is 33.9 Å². The molecule has 17 heavy (non-hydrogen) atoms. The lowest BCUT2D eigenvalue weighted by atomic mass is 10.3. The van der Waals surface area contributed by atoms with E-state index in [2.05, 4.69) is 10.1 Å². The molecule has 0 heterocycles. The second-order valence-electron chi connectivity index (χ2n) is 3.36. The second kappa shape index (κ2) is 5.53. The molecule has 0 aromatic heterocycles. The molecule has 1 amide bonds. The fourth-order valence-corrected chi connectivity index (χ4v) is 2.14. The van der Waals surface area contributed by atoms with Gasteiger partial charge in [0.05, 0.1) is 10.6 Å². The number of sulfone groups is 1. The van der Waals surface area contributed by atoms with Gasteiger partial charge in [0.2, 0.25) is 0 Å². The third kappa shape index (κ3) is 4.31. The first-order valence-corrected chi connectivity index (χ1v) is 6.75. The third-order valence-electron chi connectivity index (χ3n) is 1.95. The molecule has 0 fully saturated rings. The zero-order valence-corrected chi connectivity index (χ0v) is 10.2. The minimum absolute atomic E-state index is 0.0768. The van der Waals surface area contributed by atoms with Crippen LogP contribution in [-0.2, 0) is 14.6 Å². The molecule has 0 aliphatic carbocycles. The minimum atomic E-state index is -3.28. The van der Waals surface area contributed by atoms with Crippen LogP contribution in [0.2, 0.25) is 0 Å². The number of hydrogen-bond donors (Lipinski definition) is 2. The van der Waals surface area contributed by atoms with E-state index in [4.69, 9.17) is 5.73 Å². The van der Waals surface area contributed by atoms with E-state index in [1.165, 1.54) is 6.07 Å². The Hall–Kier alpha value is -1.76. The summed E-state index contributed by atoms with van der Waals surface area (Å²) >= 11 is 0. The number of anilines is 1. The van der Waals surface area contributed by atoms with Crippen molar-refractivity contribution in [2.45, 2.75) is 4.90 Å². The molecule has 0 bridgehead atoms. The van der Waals surface area contributed by atoms with E-state index in [1.807, 2.05) is 0 Å². The van der Waals surface area contributed by atoms with Gasteiger partial charge in [0.25, 0.3) is 0 Å². The van der Waals surface area contributed by atoms with E-state index in [0.717, 1.165) is 6.26 Å². The number of amides is 1. The number of nitrogens with one attached hydrogen (secondary N) is 1. The summed E-state index contributed by atoms with van der Waals surface area (Å²) in [6, 6.07) is 6.50. The van der Waals surface area contributed by atoms with Crippen molar-refractivity contribution in [3.8, 4) is 0 Å². The molecule has 0 aliphatic heterocycles. The van der Waals surface area contributed by atoms with Gasteiger partial charge < -0.3 is 15.8 Å². The molecule has 3 N–H and O–H groups in total. The molecule has 1 aromatic carbocycles. The summed E-state index contributed by atoms with van der Waals surface area (Å²) in [5.74, 6) is 0. The van der Waals surface area contributed by atoms with Gasteiger partial charge in [0.1, 0.15) is 6.61 Å². The SMILES string of the molecule is CS(=O)(=O)c1ccccc1NCCOC(N)=O. The second-order valence-corrected chi connectivity index (χ2v) is 5.35. The molecule has 7 heteroatoms. The Morgan fingerprint density at radius 1 is 1.41 bits per heavy atom. The highest BCUT2D eigenvalue weighted by molar-refractivity contribution is 7.90. The maximum Gasteiger partial charge on any atom is 0.404 e. The maximum absolute atomic E-state index is 11.4. The smallest absolute Gasteiger partial charge is 0.404 e. The first kappa shape index (κ1) is 13.3. The van der Waals surface area contributed by atoms with Crippen LogP contribution in [0.4, 0.5) is 10.5 Å². The van der Waals surface area contributed by atoms with Crippen LogP contribution >= 0.6 is 0 Å². The summed E-state index contributed by atoms with van der Waals surface area (Å²) in [7, 11) is -3.28. The predicted octanol–water partition coefficient (Wildman–Crippen LogP) is 0.597. The molecular weight excluding hydrogens is 244 g/mol. The molecular formula is C10H14N2O4S. The largest absolute Gasteiger partial charge is 0.448 e. The molecule has 0 spiro atoms. The Kier molecular flexibility index (Phi) is 4.33. The Labute approximate surface area is 99.7 Å². The lowest BCUT2D eigenvalue weighted by Crippen LogP contribution is -2.19. The topological polar surface area (TPSA) is 98.5 Å². The Morgan fingerprint density at radius 2 is 2.06 bits per heavy atom. The standard InChI is InChI=1S/C10H14N2O4S/c1-17(14,15)9-5-3-2-4-8(9)12-6-7-16-10(11)13/h2-5,12H,6-7H2,1H3,(H2,11,13). The highest BCUT2D eigenvalue weighted by Crippen LogP contribution is 2.19. The average Bonchev–Trinajstić information content (AvgIpc) is 2.23. The van der Waals surface area contributed by atoms with Crippen molar-refractivity contribution in [3.05, 3.63) is 24.3 Å². The van der Waals surface area contributed by atoms with Crippen LogP contribution in [0.1, 0.15) is 0 Å². The number of para-hydroxylation sites is 1. The molecule has 0 aliphatic rings. The summed E-state index contributed by atoms with van der Waals surface area (Å²) in [5, 5.41) is 2.86. The number of carbonyl (C=O) groups is 1. The highest BCUT2D eigenvalue weighted by Gasteiger charge is 2.11. The first-order valence-electron chi connectivity index (χ1n) is 4.86. The fraction of sp³-hybridized carbons (Fsp3) is 0.300. The van der Waals surface area contributed by atoms with Gasteiger partial charge in [-0.05, 0) is 12.1 Å². The van der Waals surface area contributed by atoms with Gasteiger partial charge >= 0.3 is 6.09 Å². The van der Waals surface area contributed by atoms with Gasteiger partial charge in [-0.15, -0.1) is 0 Å². The molecule has 94 valence electrons. The lowest BCUT2D eigenvalue weighted by molar-refractivity contribution is 0.161. The van der Waals surface area contributed by atoms with Gasteiger partial charge in [-0.25, -0.2) is 13.2 Å².